The Kier molecular flexibility index (Phi) is 3.75. The van der Waals surface area contributed by atoms with E-state index < -0.39 is 8.32 Å². The highest BCUT2D eigenvalue weighted by Crippen LogP contribution is 2.38. The highest BCUT2D eigenvalue weighted by atomic mass is 28.4. The van der Waals surface area contributed by atoms with Crippen molar-refractivity contribution in [1.82, 2.24) is 5.32 Å². The molecule has 106 valence electrons. The van der Waals surface area contributed by atoms with E-state index in [-0.39, 0.29) is 10.9 Å². The van der Waals surface area contributed by atoms with E-state index in [1.54, 1.807) is 6.07 Å². The van der Waals surface area contributed by atoms with Gasteiger partial charge < -0.3 is 9.74 Å². The molecule has 1 N–H and O–H groups in total. The maximum Gasteiger partial charge on any atom is 0.250 e. The number of rotatable bonds is 2. The Morgan fingerprint density at radius 1 is 1.21 bits per heavy atom. The van der Waals surface area contributed by atoms with Crippen molar-refractivity contribution < 1.29 is 8.82 Å². The predicted molar refractivity (Wildman–Crippen MR) is 79.6 cm³/mol. The summed E-state index contributed by atoms with van der Waals surface area (Å²) >= 11 is 0. The topological polar surface area (TPSA) is 21.3 Å². The fourth-order valence-electron chi connectivity index (χ4n) is 1.99. The molecule has 19 heavy (non-hydrogen) atoms. The lowest BCUT2D eigenvalue weighted by molar-refractivity contribution is 0.454. The van der Waals surface area contributed by atoms with Gasteiger partial charge in [-0.2, -0.15) is 0 Å². The molecule has 1 aliphatic heterocycles. The fourth-order valence-corrected chi connectivity index (χ4v) is 3.00. The standard InChI is InChI=1S/C15H24FNOSi/c1-15(2,3)19(4,5)18-14-9-12-10-17-7-6-11(12)8-13(14)16/h8-9,17H,6-7,10H2,1-5H3. The molecule has 1 aliphatic rings. The molecule has 0 saturated heterocycles. The maximum absolute atomic E-state index is 14.2. The number of fused-ring (bicyclic) bond motifs is 1. The first-order chi connectivity index (χ1) is 8.71. The summed E-state index contributed by atoms with van der Waals surface area (Å²) in [6.07, 6.45) is 0.895. The summed E-state index contributed by atoms with van der Waals surface area (Å²) in [6.45, 7) is 12.5. The molecular formula is C15H24FNOSi. The van der Waals surface area contributed by atoms with E-state index in [9.17, 15) is 4.39 Å². The molecule has 0 radical (unpaired) electrons. The van der Waals surface area contributed by atoms with Gasteiger partial charge in [0.15, 0.2) is 5.82 Å². The van der Waals surface area contributed by atoms with Crippen LogP contribution in [-0.2, 0) is 13.0 Å². The third-order valence-corrected chi connectivity index (χ3v) is 8.65. The van der Waals surface area contributed by atoms with Gasteiger partial charge in [-0.25, -0.2) is 4.39 Å². The summed E-state index contributed by atoms with van der Waals surface area (Å²) < 4.78 is 20.3. The van der Waals surface area contributed by atoms with Crippen LogP contribution in [0.3, 0.4) is 0 Å². The van der Waals surface area contributed by atoms with Crippen molar-refractivity contribution in [1.29, 1.82) is 0 Å². The minimum atomic E-state index is -1.98. The van der Waals surface area contributed by atoms with Crippen LogP contribution in [-0.4, -0.2) is 14.9 Å². The highest BCUT2D eigenvalue weighted by molar-refractivity contribution is 6.74. The Labute approximate surface area is 116 Å². The molecule has 0 saturated carbocycles. The SMILES string of the molecule is CC(C)(C)[Si](C)(C)Oc1cc2c(cc1F)CCNC2. The second-order valence-corrected chi connectivity index (χ2v) is 11.6. The molecule has 0 fully saturated rings. The van der Waals surface area contributed by atoms with Crippen molar-refractivity contribution in [3.63, 3.8) is 0 Å². The zero-order valence-electron chi connectivity index (χ0n) is 12.6. The number of nitrogens with one attached hydrogen (secondary N) is 1. The smallest absolute Gasteiger partial charge is 0.250 e. The van der Waals surface area contributed by atoms with Crippen molar-refractivity contribution in [2.45, 2.75) is 51.9 Å². The highest BCUT2D eigenvalue weighted by Gasteiger charge is 2.39. The van der Waals surface area contributed by atoms with Gasteiger partial charge in [-0.1, -0.05) is 20.8 Å². The van der Waals surface area contributed by atoms with Crippen molar-refractivity contribution in [2.75, 3.05) is 6.54 Å². The van der Waals surface area contributed by atoms with Gasteiger partial charge >= 0.3 is 0 Å². The molecule has 1 heterocycles. The lowest BCUT2D eigenvalue weighted by atomic mass is 10.0. The second kappa shape index (κ2) is 4.91. The molecule has 1 aromatic carbocycles. The summed E-state index contributed by atoms with van der Waals surface area (Å²) in [7, 11) is -1.98. The minimum Gasteiger partial charge on any atom is -0.542 e. The lowest BCUT2D eigenvalue weighted by Gasteiger charge is -2.36. The largest absolute Gasteiger partial charge is 0.542 e. The average molecular weight is 281 g/mol. The number of benzene rings is 1. The molecule has 0 atom stereocenters. The normalized spacial score (nSPS) is 16.1. The van der Waals surface area contributed by atoms with Crippen LogP contribution in [0.15, 0.2) is 12.1 Å². The summed E-state index contributed by atoms with van der Waals surface area (Å²) in [5, 5.41) is 3.39. The Morgan fingerprint density at radius 2 is 1.89 bits per heavy atom. The molecule has 4 heteroatoms. The summed E-state index contributed by atoms with van der Waals surface area (Å²) in [5.41, 5.74) is 2.28. The van der Waals surface area contributed by atoms with Gasteiger partial charge in [0.1, 0.15) is 5.75 Å². The third kappa shape index (κ3) is 3.00. The second-order valence-electron chi connectivity index (χ2n) is 6.84. The van der Waals surface area contributed by atoms with E-state index in [4.69, 9.17) is 4.43 Å². The summed E-state index contributed by atoms with van der Waals surface area (Å²) in [4.78, 5) is 0. The summed E-state index contributed by atoms with van der Waals surface area (Å²) in [5.74, 6) is 0.208. The molecule has 2 rings (SSSR count). The number of halogens is 1. The van der Waals surface area contributed by atoms with Crippen LogP contribution in [0.25, 0.3) is 0 Å². The Hall–Kier alpha value is -0.873. The lowest BCUT2D eigenvalue weighted by Crippen LogP contribution is -2.44. The van der Waals surface area contributed by atoms with Crippen LogP contribution in [0.2, 0.25) is 18.1 Å². The van der Waals surface area contributed by atoms with Gasteiger partial charge in [0.05, 0.1) is 0 Å². The van der Waals surface area contributed by atoms with Gasteiger partial charge in [0.2, 0.25) is 0 Å². The third-order valence-electron chi connectivity index (χ3n) is 4.31. The molecular weight excluding hydrogens is 257 g/mol. The monoisotopic (exact) mass is 281 g/mol. The van der Waals surface area contributed by atoms with Crippen molar-refractivity contribution >= 4 is 8.32 Å². The fraction of sp³-hybridized carbons (Fsp3) is 0.600. The zero-order valence-corrected chi connectivity index (χ0v) is 13.6. The van der Waals surface area contributed by atoms with E-state index in [2.05, 4.69) is 39.2 Å². The maximum atomic E-state index is 14.2. The van der Waals surface area contributed by atoms with Gasteiger partial charge in [0.25, 0.3) is 8.32 Å². The molecule has 0 bridgehead atoms. The van der Waals surface area contributed by atoms with Crippen LogP contribution < -0.4 is 9.74 Å². The zero-order chi connectivity index (χ0) is 14.3. The van der Waals surface area contributed by atoms with E-state index in [1.807, 2.05) is 6.07 Å². The average Bonchev–Trinajstić information content (AvgIpc) is 2.28. The Bertz CT molecular complexity index is 480. The first-order valence-corrected chi connectivity index (χ1v) is 9.82. The molecule has 0 aromatic heterocycles. The molecule has 0 spiro atoms. The van der Waals surface area contributed by atoms with E-state index >= 15 is 0 Å². The number of hydrogen-bond acceptors (Lipinski definition) is 2. The number of hydrogen-bond donors (Lipinski definition) is 1. The van der Waals surface area contributed by atoms with Gasteiger partial charge in [0, 0.05) is 6.54 Å². The first-order valence-electron chi connectivity index (χ1n) is 6.92. The Morgan fingerprint density at radius 3 is 2.53 bits per heavy atom. The van der Waals surface area contributed by atoms with E-state index in [1.165, 1.54) is 5.56 Å². The van der Waals surface area contributed by atoms with Crippen LogP contribution in [0.4, 0.5) is 4.39 Å². The predicted octanol–water partition coefficient (Wildman–Crippen LogP) is 3.86. The first kappa shape index (κ1) is 14.5. The molecule has 0 amide bonds. The quantitative estimate of drug-likeness (QED) is 0.831. The van der Waals surface area contributed by atoms with Gasteiger partial charge in [-0.05, 0) is 54.4 Å². The molecule has 0 unspecified atom stereocenters. The van der Waals surface area contributed by atoms with Crippen molar-refractivity contribution in [3.8, 4) is 5.75 Å². The van der Waals surface area contributed by atoms with Gasteiger partial charge in [-0.15, -0.1) is 0 Å². The van der Waals surface area contributed by atoms with E-state index in [0.717, 1.165) is 25.1 Å². The van der Waals surface area contributed by atoms with Crippen molar-refractivity contribution in [3.05, 3.63) is 29.1 Å². The van der Waals surface area contributed by atoms with Crippen LogP contribution >= 0.6 is 0 Å². The van der Waals surface area contributed by atoms with Crippen molar-refractivity contribution in [2.24, 2.45) is 0 Å². The van der Waals surface area contributed by atoms with Crippen LogP contribution in [0.1, 0.15) is 31.9 Å². The molecule has 1 aromatic rings. The van der Waals surface area contributed by atoms with E-state index in [0.29, 0.717) is 5.75 Å². The van der Waals surface area contributed by atoms with Crippen LogP contribution in [0, 0.1) is 5.82 Å². The van der Waals surface area contributed by atoms with Crippen LogP contribution in [0.5, 0.6) is 5.75 Å². The molecule has 2 nitrogen and oxygen atoms in total. The van der Waals surface area contributed by atoms with Gasteiger partial charge in [-0.3, -0.25) is 0 Å². The Balaban J connectivity index is 2.31. The molecule has 0 aliphatic carbocycles. The summed E-state index contributed by atoms with van der Waals surface area (Å²) in [6, 6.07) is 3.54. The minimum absolute atomic E-state index is 0.0770.